The summed E-state index contributed by atoms with van der Waals surface area (Å²) < 4.78 is 7.15. The van der Waals surface area contributed by atoms with E-state index in [1.807, 2.05) is 18.7 Å². The van der Waals surface area contributed by atoms with Crippen molar-refractivity contribution in [1.82, 2.24) is 30.0 Å². The number of thiazole rings is 1. The van der Waals surface area contributed by atoms with E-state index in [4.69, 9.17) is 4.74 Å². The summed E-state index contributed by atoms with van der Waals surface area (Å²) in [5.41, 5.74) is 3.37. The zero-order chi connectivity index (χ0) is 20.6. The van der Waals surface area contributed by atoms with Crippen molar-refractivity contribution in [3.63, 3.8) is 0 Å². The molecule has 0 bridgehead atoms. The molecule has 0 radical (unpaired) electrons. The van der Waals surface area contributed by atoms with Gasteiger partial charge in [-0.25, -0.2) is 14.6 Å². The Morgan fingerprint density at radius 1 is 1.37 bits per heavy atom. The lowest BCUT2D eigenvalue weighted by atomic mass is 10.1. The number of guanidine groups is 1. The van der Waals surface area contributed by atoms with Crippen LogP contribution in [-0.2, 0) is 24.4 Å². The van der Waals surface area contributed by atoms with Crippen LogP contribution in [0.2, 0.25) is 0 Å². The molecule has 1 aromatic carbocycles. The monoisotopic (exact) mass is 541 g/mol. The van der Waals surface area contributed by atoms with Crippen LogP contribution in [0, 0.1) is 0 Å². The number of aliphatic imine (C=N–C) groups is 1. The van der Waals surface area contributed by atoms with Gasteiger partial charge in [0.2, 0.25) is 0 Å². The van der Waals surface area contributed by atoms with E-state index in [0.717, 1.165) is 16.7 Å². The predicted octanol–water partition coefficient (Wildman–Crippen LogP) is 3.32. The number of halogens is 1. The van der Waals surface area contributed by atoms with E-state index in [1.54, 1.807) is 38.1 Å². The first-order valence-electron chi connectivity index (χ1n) is 9.38. The summed E-state index contributed by atoms with van der Waals surface area (Å²) in [5.74, 6) is 0.820. The number of nitrogens with zero attached hydrogens (tertiary/aromatic N) is 6. The molecule has 3 aromatic rings. The molecule has 3 rings (SSSR count). The summed E-state index contributed by atoms with van der Waals surface area (Å²) >= 11 is 1.62. The summed E-state index contributed by atoms with van der Waals surface area (Å²) in [6.45, 7) is 4.07. The van der Waals surface area contributed by atoms with Crippen LogP contribution in [0.5, 0.6) is 0 Å². The second kappa shape index (κ2) is 12.0. The highest BCUT2D eigenvalue weighted by molar-refractivity contribution is 14.0. The van der Waals surface area contributed by atoms with Crippen LogP contribution in [0.1, 0.15) is 34.9 Å². The van der Waals surface area contributed by atoms with Gasteiger partial charge in [0.15, 0.2) is 5.96 Å². The van der Waals surface area contributed by atoms with E-state index in [0.29, 0.717) is 19.6 Å². The van der Waals surface area contributed by atoms with E-state index < -0.39 is 0 Å². The first-order chi connectivity index (χ1) is 14.1. The molecule has 10 heteroatoms. The summed E-state index contributed by atoms with van der Waals surface area (Å²) in [7, 11) is 5.50. The van der Waals surface area contributed by atoms with Gasteiger partial charge >= 0.3 is 0 Å². The number of aromatic nitrogens is 4. The number of benzene rings is 1. The molecule has 0 spiro atoms. The molecule has 0 aliphatic rings. The first kappa shape index (κ1) is 24.2. The Labute approximate surface area is 198 Å². The molecule has 30 heavy (non-hydrogen) atoms. The zero-order valence-electron chi connectivity index (χ0n) is 17.6. The number of hydrogen-bond acceptors (Lipinski definition) is 6. The van der Waals surface area contributed by atoms with Crippen molar-refractivity contribution >= 4 is 41.3 Å². The van der Waals surface area contributed by atoms with Crippen molar-refractivity contribution in [2.75, 3.05) is 21.2 Å². The average Bonchev–Trinajstić information content (AvgIpc) is 3.40. The van der Waals surface area contributed by atoms with Gasteiger partial charge in [0.05, 0.1) is 18.8 Å². The van der Waals surface area contributed by atoms with E-state index in [-0.39, 0.29) is 30.1 Å². The lowest BCUT2D eigenvalue weighted by molar-refractivity contribution is 0.119. The quantitative estimate of drug-likeness (QED) is 0.268. The molecular weight excluding hydrogens is 513 g/mol. The molecule has 1 atom stereocenters. The van der Waals surface area contributed by atoms with Crippen LogP contribution < -0.4 is 5.32 Å². The highest BCUT2D eigenvalue weighted by Crippen LogP contribution is 2.21. The summed E-state index contributed by atoms with van der Waals surface area (Å²) in [5, 5.41) is 10.6. The van der Waals surface area contributed by atoms with Gasteiger partial charge in [0.1, 0.15) is 23.8 Å². The van der Waals surface area contributed by atoms with Gasteiger partial charge in [-0.15, -0.1) is 35.3 Å². The fourth-order valence-electron chi connectivity index (χ4n) is 2.91. The number of ether oxygens (including phenoxy) is 1. The van der Waals surface area contributed by atoms with E-state index in [9.17, 15) is 0 Å². The standard InChI is InChI=1S/C20H27N7OS.HI/c1-15(28-4)19-25-18(12-29-19)11-26(3)20(21-2)23-9-16-6-5-7-17(8-16)10-27-14-22-13-24-27;/h5-8,12-15H,9-11H2,1-4H3,(H,21,23);1H. The van der Waals surface area contributed by atoms with E-state index >= 15 is 0 Å². The second-order valence-electron chi connectivity index (χ2n) is 6.72. The lowest BCUT2D eigenvalue weighted by Gasteiger charge is -2.21. The maximum Gasteiger partial charge on any atom is 0.194 e. The maximum atomic E-state index is 5.34. The Morgan fingerprint density at radius 3 is 2.87 bits per heavy atom. The van der Waals surface area contributed by atoms with E-state index in [1.165, 1.54) is 11.1 Å². The SMILES string of the molecule is CN=C(NCc1cccc(Cn2cncn2)c1)N(C)Cc1csc(C(C)OC)n1.I. The van der Waals surface area contributed by atoms with Gasteiger partial charge in [0, 0.05) is 33.1 Å². The van der Waals surface area contributed by atoms with Crippen LogP contribution in [0.15, 0.2) is 47.3 Å². The predicted molar refractivity (Wildman–Crippen MR) is 130 cm³/mol. The fraction of sp³-hybridized carbons (Fsp3) is 0.400. The number of hydrogen-bond donors (Lipinski definition) is 1. The maximum absolute atomic E-state index is 5.34. The highest BCUT2D eigenvalue weighted by Gasteiger charge is 2.12. The van der Waals surface area contributed by atoms with Crippen molar-refractivity contribution in [2.45, 2.75) is 32.7 Å². The highest BCUT2D eigenvalue weighted by atomic mass is 127. The van der Waals surface area contributed by atoms with Gasteiger partial charge < -0.3 is 15.0 Å². The van der Waals surface area contributed by atoms with Crippen LogP contribution in [0.3, 0.4) is 0 Å². The number of rotatable bonds is 8. The molecule has 162 valence electrons. The second-order valence-corrected chi connectivity index (χ2v) is 7.61. The Hall–Kier alpha value is -2.05. The van der Waals surface area contributed by atoms with Gasteiger partial charge in [-0.1, -0.05) is 24.3 Å². The molecule has 0 aliphatic heterocycles. The third kappa shape index (κ3) is 6.74. The third-order valence-electron chi connectivity index (χ3n) is 4.50. The van der Waals surface area contributed by atoms with E-state index in [2.05, 4.69) is 59.9 Å². The molecular formula is C20H28IN7OS. The topological polar surface area (TPSA) is 80.5 Å². The van der Waals surface area contributed by atoms with Crippen LogP contribution >= 0.6 is 35.3 Å². The lowest BCUT2D eigenvalue weighted by Crippen LogP contribution is -2.38. The Bertz CT molecular complexity index is 929. The molecule has 2 aromatic heterocycles. The average molecular weight is 541 g/mol. The normalized spacial score (nSPS) is 12.3. The van der Waals surface area contributed by atoms with Crippen molar-refractivity contribution in [2.24, 2.45) is 4.99 Å². The van der Waals surface area contributed by atoms with Crippen molar-refractivity contribution < 1.29 is 4.74 Å². The Balaban J connectivity index is 0.00000320. The third-order valence-corrected chi connectivity index (χ3v) is 5.55. The molecule has 2 heterocycles. The number of methoxy groups -OCH3 is 1. The molecule has 0 amide bonds. The minimum Gasteiger partial charge on any atom is -0.375 e. The first-order valence-corrected chi connectivity index (χ1v) is 10.3. The molecule has 1 unspecified atom stereocenters. The van der Waals surface area contributed by atoms with Crippen molar-refractivity contribution in [3.05, 3.63) is 64.1 Å². The van der Waals surface area contributed by atoms with Gasteiger partial charge in [-0.2, -0.15) is 5.10 Å². The zero-order valence-corrected chi connectivity index (χ0v) is 20.8. The van der Waals surface area contributed by atoms with Gasteiger partial charge in [-0.05, 0) is 18.1 Å². The minimum atomic E-state index is 0. The molecule has 0 fully saturated rings. The smallest absolute Gasteiger partial charge is 0.194 e. The molecule has 0 saturated carbocycles. The Kier molecular flexibility index (Phi) is 9.66. The molecule has 1 N–H and O–H groups in total. The largest absolute Gasteiger partial charge is 0.375 e. The van der Waals surface area contributed by atoms with Gasteiger partial charge in [0.25, 0.3) is 0 Å². The van der Waals surface area contributed by atoms with Crippen LogP contribution in [0.4, 0.5) is 0 Å². The Morgan fingerprint density at radius 2 is 2.17 bits per heavy atom. The summed E-state index contributed by atoms with van der Waals surface area (Å²) in [6.07, 6.45) is 3.28. The fourth-order valence-corrected chi connectivity index (χ4v) is 3.75. The minimum absolute atomic E-state index is 0. The van der Waals surface area contributed by atoms with Crippen molar-refractivity contribution in [1.29, 1.82) is 0 Å². The number of nitrogens with one attached hydrogen (secondary N) is 1. The van der Waals surface area contributed by atoms with Crippen molar-refractivity contribution in [3.8, 4) is 0 Å². The molecule has 8 nitrogen and oxygen atoms in total. The summed E-state index contributed by atoms with van der Waals surface area (Å²) in [4.78, 5) is 15.1. The van der Waals surface area contributed by atoms with Crippen LogP contribution in [0.25, 0.3) is 0 Å². The van der Waals surface area contributed by atoms with Crippen LogP contribution in [-0.4, -0.2) is 51.8 Å². The van der Waals surface area contributed by atoms with Gasteiger partial charge in [-0.3, -0.25) is 4.99 Å². The molecule has 0 aliphatic carbocycles. The summed E-state index contributed by atoms with van der Waals surface area (Å²) in [6, 6.07) is 8.42. The molecule has 0 saturated heterocycles.